The van der Waals surface area contributed by atoms with Crippen LogP contribution in [0.3, 0.4) is 0 Å². The summed E-state index contributed by atoms with van der Waals surface area (Å²) < 4.78 is 5.01. The van der Waals surface area contributed by atoms with Crippen molar-refractivity contribution >= 4 is 35.0 Å². The van der Waals surface area contributed by atoms with Crippen molar-refractivity contribution in [3.8, 4) is 0 Å². The zero-order valence-electron chi connectivity index (χ0n) is 5.30. The molecule has 0 fully saturated rings. The van der Waals surface area contributed by atoms with Gasteiger partial charge in [-0.2, -0.15) is 0 Å². The predicted molar refractivity (Wildman–Crippen MR) is 44.2 cm³/mol. The number of nitrogens with zero attached hydrogens (tertiary/aromatic N) is 1. The van der Waals surface area contributed by atoms with Crippen LogP contribution >= 0.6 is 23.8 Å². The number of fused-ring (bicyclic) bond motifs is 1. The van der Waals surface area contributed by atoms with E-state index in [0.717, 1.165) is 5.52 Å². The molecule has 0 unspecified atom stereocenters. The standard InChI is InChI=1S/C6H3ClN2OS/c7-3-1-4-5(8-2-3)10-6(11)9-4/h1-2H,(H,9,11). The van der Waals surface area contributed by atoms with Crippen LogP contribution in [0.4, 0.5) is 0 Å². The molecule has 11 heavy (non-hydrogen) atoms. The Balaban J connectivity index is 2.92. The average molecular weight is 187 g/mol. The Morgan fingerprint density at radius 1 is 1.64 bits per heavy atom. The lowest BCUT2D eigenvalue weighted by molar-refractivity contribution is 0.572. The summed E-state index contributed by atoms with van der Waals surface area (Å²) in [4.78, 5) is 7.02. The second kappa shape index (κ2) is 2.32. The first-order valence-electron chi connectivity index (χ1n) is 2.90. The monoisotopic (exact) mass is 186 g/mol. The van der Waals surface area contributed by atoms with Crippen LogP contribution in [0.15, 0.2) is 16.7 Å². The van der Waals surface area contributed by atoms with E-state index in [4.69, 9.17) is 28.2 Å². The second-order valence-corrected chi connectivity index (χ2v) is 2.83. The van der Waals surface area contributed by atoms with Crippen molar-refractivity contribution in [2.45, 2.75) is 0 Å². The summed E-state index contributed by atoms with van der Waals surface area (Å²) in [7, 11) is 0. The molecule has 0 spiro atoms. The molecule has 2 heterocycles. The van der Waals surface area contributed by atoms with Crippen LogP contribution in [-0.4, -0.2) is 9.97 Å². The third-order valence-electron chi connectivity index (χ3n) is 1.24. The van der Waals surface area contributed by atoms with Gasteiger partial charge in [0.05, 0.1) is 5.02 Å². The zero-order valence-corrected chi connectivity index (χ0v) is 6.87. The summed E-state index contributed by atoms with van der Waals surface area (Å²) in [5, 5.41) is 0.560. The Kier molecular flexibility index (Phi) is 1.44. The molecular formula is C6H3ClN2OS. The molecule has 0 aliphatic rings. The van der Waals surface area contributed by atoms with Gasteiger partial charge in [0.15, 0.2) is 0 Å². The molecule has 0 aliphatic carbocycles. The number of hydrogen-bond acceptors (Lipinski definition) is 3. The van der Waals surface area contributed by atoms with E-state index in [1.54, 1.807) is 6.07 Å². The largest absolute Gasteiger partial charge is 0.410 e. The van der Waals surface area contributed by atoms with E-state index >= 15 is 0 Å². The topological polar surface area (TPSA) is 41.8 Å². The lowest BCUT2D eigenvalue weighted by Gasteiger charge is -1.85. The Morgan fingerprint density at radius 2 is 2.45 bits per heavy atom. The van der Waals surface area contributed by atoms with Crippen LogP contribution in [0, 0.1) is 4.84 Å². The third kappa shape index (κ3) is 1.15. The summed E-state index contributed by atoms with van der Waals surface area (Å²) in [6, 6.07) is 1.71. The average Bonchev–Trinajstić information content (AvgIpc) is 2.27. The molecule has 0 aliphatic heterocycles. The van der Waals surface area contributed by atoms with Gasteiger partial charge in [0.25, 0.3) is 4.84 Å². The third-order valence-corrected chi connectivity index (χ3v) is 1.64. The SMILES string of the molecule is S=c1[nH]c2cc(Cl)cnc2o1. The van der Waals surface area contributed by atoms with Gasteiger partial charge in [0, 0.05) is 6.20 Å². The maximum Gasteiger partial charge on any atom is 0.268 e. The lowest BCUT2D eigenvalue weighted by atomic mass is 10.4. The van der Waals surface area contributed by atoms with Crippen LogP contribution in [0.2, 0.25) is 5.02 Å². The number of rotatable bonds is 0. The summed E-state index contributed by atoms with van der Waals surface area (Å²) in [6.45, 7) is 0. The van der Waals surface area contributed by atoms with Gasteiger partial charge in [-0.1, -0.05) is 11.6 Å². The van der Waals surface area contributed by atoms with Crippen LogP contribution in [-0.2, 0) is 0 Å². The fraction of sp³-hybridized carbons (Fsp3) is 0. The first-order valence-corrected chi connectivity index (χ1v) is 3.69. The van der Waals surface area contributed by atoms with Gasteiger partial charge in [-0.25, -0.2) is 4.98 Å². The highest BCUT2D eigenvalue weighted by Gasteiger charge is 1.99. The fourth-order valence-corrected chi connectivity index (χ4v) is 1.17. The van der Waals surface area contributed by atoms with E-state index in [1.165, 1.54) is 6.20 Å². The number of halogens is 1. The molecule has 2 aromatic rings. The minimum absolute atomic E-state index is 0.315. The van der Waals surface area contributed by atoms with Gasteiger partial charge in [-0.05, 0) is 18.3 Å². The number of hydrogen-bond donors (Lipinski definition) is 1. The van der Waals surface area contributed by atoms with Gasteiger partial charge in [-0.3, -0.25) is 0 Å². The van der Waals surface area contributed by atoms with Crippen LogP contribution in [0.1, 0.15) is 0 Å². The van der Waals surface area contributed by atoms with Crippen LogP contribution in [0.5, 0.6) is 0 Å². The fourth-order valence-electron chi connectivity index (χ4n) is 0.821. The summed E-state index contributed by atoms with van der Waals surface area (Å²) >= 11 is 10.4. The summed E-state index contributed by atoms with van der Waals surface area (Å²) in [6.07, 6.45) is 1.51. The molecule has 2 rings (SSSR count). The maximum atomic E-state index is 5.67. The van der Waals surface area contributed by atoms with Crippen molar-refractivity contribution < 1.29 is 4.42 Å². The number of aromatic amines is 1. The maximum absolute atomic E-state index is 5.67. The number of pyridine rings is 1. The van der Waals surface area contributed by atoms with Gasteiger partial charge < -0.3 is 9.40 Å². The molecule has 1 N–H and O–H groups in total. The molecule has 0 amide bonds. The predicted octanol–water partition coefficient (Wildman–Crippen LogP) is 2.54. The molecule has 3 nitrogen and oxygen atoms in total. The normalized spacial score (nSPS) is 10.6. The molecule has 56 valence electrons. The highest BCUT2D eigenvalue weighted by molar-refractivity contribution is 7.71. The van der Waals surface area contributed by atoms with Crippen LogP contribution < -0.4 is 0 Å². The number of nitrogens with one attached hydrogen (secondary N) is 1. The van der Waals surface area contributed by atoms with Crippen LogP contribution in [0.25, 0.3) is 11.2 Å². The van der Waals surface area contributed by atoms with Gasteiger partial charge in [0.2, 0.25) is 5.71 Å². The molecule has 0 saturated heterocycles. The van der Waals surface area contributed by atoms with E-state index in [-0.39, 0.29) is 0 Å². The Bertz CT molecular complexity index is 447. The molecule has 0 bridgehead atoms. The van der Waals surface area contributed by atoms with E-state index < -0.39 is 0 Å². The van der Waals surface area contributed by atoms with Crippen molar-refractivity contribution in [3.63, 3.8) is 0 Å². The first-order chi connectivity index (χ1) is 5.25. The Hall–Kier alpha value is -0.870. The molecule has 0 aromatic carbocycles. The number of aromatic nitrogens is 2. The Labute approximate surface area is 72.0 Å². The molecule has 0 atom stereocenters. The van der Waals surface area contributed by atoms with E-state index in [1.807, 2.05) is 0 Å². The molecule has 0 saturated carbocycles. The van der Waals surface area contributed by atoms with Gasteiger partial charge in [0.1, 0.15) is 5.52 Å². The molecular weight excluding hydrogens is 184 g/mol. The van der Waals surface area contributed by atoms with E-state index in [2.05, 4.69) is 9.97 Å². The smallest absolute Gasteiger partial charge is 0.268 e. The minimum Gasteiger partial charge on any atom is -0.410 e. The number of H-pyrrole nitrogens is 1. The van der Waals surface area contributed by atoms with E-state index in [0.29, 0.717) is 15.6 Å². The first kappa shape index (κ1) is 6.82. The minimum atomic E-state index is 0.315. The van der Waals surface area contributed by atoms with Crippen molar-refractivity contribution in [1.29, 1.82) is 0 Å². The summed E-state index contributed by atoms with van der Waals surface area (Å²) in [5.74, 6) is 0. The Morgan fingerprint density at radius 3 is 3.27 bits per heavy atom. The second-order valence-electron chi connectivity index (χ2n) is 2.02. The highest BCUT2D eigenvalue weighted by Crippen LogP contribution is 2.14. The molecule has 2 aromatic heterocycles. The zero-order chi connectivity index (χ0) is 7.84. The van der Waals surface area contributed by atoms with Crippen molar-refractivity contribution in [3.05, 3.63) is 22.1 Å². The lowest BCUT2D eigenvalue weighted by Crippen LogP contribution is -1.72. The quantitative estimate of drug-likeness (QED) is 0.643. The van der Waals surface area contributed by atoms with Gasteiger partial charge >= 0.3 is 0 Å². The summed E-state index contributed by atoms with van der Waals surface area (Å²) in [5.41, 5.74) is 1.21. The van der Waals surface area contributed by atoms with Crippen molar-refractivity contribution in [2.75, 3.05) is 0 Å². The molecule has 5 heteroatoms. The number of oxazole rings is 1. The highest BCUT2D eigenvalue weighted by atomic mass is 35.5. The van der Waals surface area contributed by atoms with Gasteiger partial charge in [-0.15, -0.1) is 0 Å². The van der Waals surface area contributed by atoms with Crippen molar-refractivity contribution in [1.82, 2.24) is 9.97 Å². The molecule has 0 radical (unpaired) electrons. The van der Waals surface area contributed by atoms with Crippen molar-refractivity contribution in [2.24, 2.45) is 0 Å². The van der Waals surface area contributed by atoms with E-state index in [9.17, 15) is 0 Å².